The maximum absolute atomic E-state index is 13.1. The van der Waals surface area contributed by atoms with E-state index in [1.807, 2.05) is 35.2 Å². The van der Waals surface area contributed by atoms with Crippen molar-refractivity contribution in [3.8, 4) is 11.3 Å². The molecule has 2 heterocycles. The first-order chi connectivity index (χ1) is 13.1. The summed E-state index contributed by atoms with van der Waals surface area (Å²) in [5.74, 6) is 0.767. The van der Waals surface area contributed by atoms with E-state index in [1.165, 1.54) is 5.56 Å². The van der Waals surface area contributed by atoms with Crippen LogP contribution in [0.25, 0.3) is 22.2 Å². The van der Waals surface area contributed by atoms with Gasteiger partial charge in [0.2, 0.25) is 0 Å². The van der Waals surface area contributed by atoms with Crippen molar-refractivity contribution in [1.29, 1.82) is 0 Å². The van der Waals surface area contributed by atoms with E-state index in [0.29, 0.717) is 5.92 Å². The summed E-state index contributed by atoms with van der Waals surface area (Å²) in [4.78, 5) is 19.9. The van der Waals surface area contributed by atoms with Gasteiger partial charge < -0.3 is 4.90 Å². The van der Waals surface area contributed by atoms with Crippen molar-refractivity contribution in [2.75, 3.05) is 13.1 Å². The fraction of sp³-hybridized carbons (Fsp3) is 0.333. The van der Waals surface area contributed by atoms with E-state index >= 15 is 0 Å². The minimum Gasteiger partial charge on any atom is -0.339 e. The average molecular weight is 358 g/mol. The molecule has 0 spiro atoms. The van der Waals surface area contributed by atoms with Gasteiger partial charge in [0.15, 0.2) is 0 Å². The number of likely N-dealkylation sites (tertiary alicyclic amines) is 1. The molecule has 1 aliphatic rings. The summed E-state index contributed by atoms with van der Waals surface area (Å²) in [6.45, 7) is 6.17. The molecule has 1 aliphatic heterocycles. The lowest BCUT2D eigenvalue weighted by atomic mass is 9.99. The minimum atomic E-state index is 0.128. The van der Waals surface area contributed by atoms with Gasteiger partial charge in [-0.05, 0) is 42.9 Å². The van der Waals surface area contributed by atoms with Crippen molar-refractivity contribution < 1.29 is 4.79 Å². The lowest BCUT2D eigenvalue weighted by molar-refractivity contribution is 0.0794. The van der Waals surface area contributed by atoms with Gasteiger partial charge in [0, 0.05) is 24.0 Å². The molecule has 0 aliphatic carbocycles. The molecular weight excluding hydrogens is 332 g/mol. The van der Waals surface area contributed by atoms with Crippen LogP contribution in [0.4, 0.5) is 0 Å². The van der Waals surface area contributed by atoms with Gasteiger partial charge in [-0.1, -0.05) is 56.3 Å². The highest BCUT2D eigenvalue weighted by Gasteiger charge is 2.22. The van der Waals surface area contributed by atoms with Crippen molar-refractivity contribution in [1.82, 2.24) is 9.88 Å². The summed E-state index contributed by atoms with van der Waals surface area (Å²) in [7, 11) is 0. The van der Waals surface area contributed by atoms with Crippen molar-refractivity contribution in [2.24, 2.45) is 5.92 Å². The number of nitrogens with zero attached hydrogens (tertiary/aromatic N) is 2. The molecule has 1 fully saturated rings. The van der Waals surface area contributed by atoms with Crippen LogP contribution in [0.2, 0.25) is 0 Å². The summed E-state index contributed by atoms with van der Waals surface area (Å²) in [5.41, 5.74) is 4.91. The molecule has 0 atom stereocenters. The van der Waals surface area contributed by atoms with Crippen molar-refractivity contribution in [2.45, 2.75) is 33.1 Å². The summed E-state index contributed by atoms with van der Waals surface area (Å²) in [5, 5.41) is 0.939. The Morgan fingerprint density at radius 1 is 1.04 bits per heavy atom. The largest absolute Gasteiger partial charge is 0.339 e. The van der Waals surface area contributed by atoms with E-state index < -0.39 is 0 Å². The van der Waals surface area contributed by atoms with Crippen LogP contribution < -0.4 is 0 Å². The zero-order chi connectivity index (χ0) is 18.8. The Morgan fingerprint density at radius 3 is 2.44 bits per heavy atom. The number of para-hydroxylation sites is 1. The first-order valence-electron chi connectivity index (χ1n) is 9.90. The van der Waals surface area contributed by atoms with Crippen LogP contribution in [0.3, 0.4) is 0 Å². The maximum Gasteiger partial charge on any atom is 0.254 e. The maximum atomic E-state index is 13.1. The Kier molecular flexibility index (Phi) is 4.93. The molecule has 2 aromatic carbocycles. The van der Waals surface area contributed by atoms with E-state index in [9.17, 15) is 4.79 Å². The molecule has 4 rings (SSSR count). The van der Waals surface area contributed by atoms with E-state index in [1.54, 1.807) is 0 Å². The summed E-state index contributed by atoms with van der Waals surface area (Å²) >= 11 is 0. The van der Waals surface area contributed by atoms with Crippen molar-refractivity contribution >= 4 is 16.8 Å². The second-order valence-electron chi connectivity index (χ2n) is 7.87. The molecule has 0 unspecified atom stereocenters. The van der Waals surface area contributed by atoms with E-state index in [0.717, 1.165) is 60.1 Å². The highest BCUT2D eigenvalue weighted by atomic mass is 16.2. The molecule has 0 saturated carbocycles. The van der Waals surface area contributed by atoms with Crippen LogP contribution in [-0.2, 0) is 6.42 Å². The third-order valence-corrected chi connectivity index (χ3v) is 5.23. The number of pyridine rings is 1. The Morgan fingerprint density at radius 2 is 1.74 bits per heavy atom. The smallest absolute Gasteiger partial charge is 0.254 e. The molecule has 138 valence electrons. The molecule has 1 aromatic heterocycles. The van der Waals surface area contributed by atoms with Gasteiger partial charge in [-0.15, -0.1) is 0 Å². The number of amides is 1. The fourth-order valence-corrected chi connectivity index (χ4v) is 3.87. The molecule has 0 bridgehead atoms. The average Bonchev–Trinajstić information content (AvgIpc) is 3.21. The standard InChI is InChI=1S/C24H26N2O/c1-17(2)15-18-9-11-19(12-10-18)23-16-21(24(27)26-13-5-6-14-26)20-7-3-4-8-22(20)25-23/h3-4,7-12,16-17H,5-6,13-15H2,1-2H3. The zero-order valence-corrected chi connectivity index (χ0v) is 16.1. The Bertz CT molecular complexity index is 954. The topological polar surface area (TPSA) is 33.2 Å². The Balaban J connectivity index is 1.76. The lowest BCUT2D eigenvalue weighted by Crippen LogP contribution is -2.27. The zero-order valence-electron chi connectivity index (χ0n) is 16.1. The predicted octanol–water partition coefficient (Wildman–Crippen LogP) is 5.34. The molecule has 0 N–H and O–H groups in total. The quantitative estimate of drug-likeness (QED) is 0.631. The van der Waals surface area contributed by atoms with E-state index in [2.05, 4.69) is 38.1 Å². The number of benzene rings is 2. The third kappa shape index (κ3) is 3.73. The first kappa shape index (κ1) is 17.7. The number of rotatable bonds is 4. The predicted molar refractivity (Wildman–Crippen MR) is 111 cm³/mol. The molecule has 0 radical (unpaired) electrons. The highest BCUT2D eigenvalue weighted by Crippen LogP contribution is 2.27. The minimum absolute atomic E-state index is 0.128. The number of fused-ring (bicyclic) bond motifs is 1. The molecule has 3 aromatic rings. The first-order valence-corrected chi connectivity index (χ1v) is 9.90. The number of carbonyl (C=O) groups is 1. The second kappa shape index (κ2) is 7.51. The van der Waals surface area contributed by atoms with Crippen LogP contribution in [-0.4, -0.2) is 28.9 Å². The summed E-state index contributed by atoms with van der Waals surface area (Å²) in [6, 6.07) is 18.5. The monoisotopic (exact) mass is 358 g/mol. The van der Waals surface area contributed by atoms with E-state index in [4.69, 9.17) is 4.98 Å². The molecule has 3 nitrogen and oxygen atoms in total. The Labute approximate surface area is 161 Å². The van der Waals surface area contributed by atoms with Crippen LogP contribution in [0.15, 0.2) is 54.6 Å². The highest BCUT2D eigenvalue weighted by molar-refractivity contribution is 6.07. The number of aromatic nitrogens is 1. The molecular formula is C24H26N2O. The van der Waals surface area contributed by atoms with Crippen molar-refractivity contribution in [3.05, 3.63) is 65.7 Å². The second-order valence-corrected chi connectivity index (χ2v) is 7.87. The van der Waals surface area contributed by atoms with Gasteiger partial charge in [0.05, 0.1) is 16.8 Å². The van der Waals surface area contributed by atoms with Gasteiger partial charge in [0.25, 0.3) is 5.91 Å². The van der Waals surface area contributed by atoms with Crippen LogP contribution in [0.5, 0.6) is 0 Å². The third-order valence-electron chi connectivity index (χ3n) is 5.23. The molecule has 27 heavy (non-hydrogen) atoms. The van der Waals surface area contributed by atoms with Crippen LogP contribution >= 0.6 is 0 Å². The molecule has 1 saturated heterocycles. The fourth-order valence-electron chi connectivity index (χ4n) is 3.87. The van der Waals surface area contributed by atoms with Gasteiger partial charge in [-0.2, -0.15) is 0 Å². The SMILES string of the molecule is CC(C)Cc1ccc(-c2cc(C(=O)N3CCCC3)c3ccccc3n2)cc1. The van der Waals surface area contributed by atoms with Gasteiger partial charge in [0.1, 0.15) is 0 Å². The number of carbonyl (C=O) groups excluding carboxylic acids is 1. The van der Waals surface area contributed by atoms with Crippen LogP contribution in [0, 0.1) is 5.92 Å². The van der Waals surface area contributed by atoms with Gasteiger partial charge in [-0.3, -0.25) is 4.79 Å². The van der Waals surface area contributed by atoms with Gasteiger partial charge >= 0.3 is 0 Å². The lowest BCUT2D eigenvalue weighted by Gasteiger charge is -2.17. The van der Waals surface area contributed by atoms with Gasteiger partial charge in [-0.25, -0.2) is 4.98 Å². The molecule has 1 amide bonds. The van der Waals surface area contributed by atoms with Crippen LogP contribution in [0.1, 0.15) is 42.6 Å². The number of hydrogen-bond acceptors (Lipinski definition) is 2. The normalized spacial score (nSPS) is 14.3. The summed E-state index contributed by atoms with van der Waals surface area (Å²) < 4.78 is 0. The van der Waals surface area contributed by atoms with Crippen molar-refractivity contribution in [3.63, 3.8) is 0 Å². The molecule has 3 heteroatoms. The van der Waals surface area contributed by atoms with E-state index in [-0.39, 0.29) is 5.91 Å². The Hall–Kier alpha value is -2.68. The number of hydrogen-bond donors (Lipinski definition) is 0. The summed E-state index contributed by atoms with van der Waals surface area (Å²) in [6.07, 6.45) is 3.27.